The second-order valence-electron chi connectivity index (χ2n) is 5.32. The van der Waals surface area contributed by atoms with Crippen molar-refractivity contribution in [2.24, 2.45) is 0 Å². The summed E-state index contributed by atoms with van der Waals surface area (Å²) in [4.78, 5) is 27.1. The molecule has 0 saturated heterocycles. The van der Waals surface area contributed by atoms with Crippen LogP contribution in [0.2, 0.25) is 0 Å². The molecule has 0 heterocycles. The third kappa shape index (κ3) is 7.46. The molecule has 0 unspecified atom stereocenters. The molecular formula is C16H25N3O2. The molecule has 116 valence electrons. The maximum absolute atomic E-state index is 11.8. The second kappa shape index (κ2) is 9.13. The number of benzene rings is 1. The van der Waals surface area contributed by atoms with Crippen molar-refractivity contribution in [3.8, 4) is 0 Å². The van der Waals surface area contributed by atoms with Gasteiger partial charge >= 0.3 is 0 Å². The summed E-state index contributed by atoms with van der Waals surface area (Å²) in [6.07, 6.45) is 0.333. The molecule has 1 N–H and O–H groups in total. The van der Waals surface area contributed by atoms with Gasteiger partial charge in [-0.2, -0.15) is 0 Å². The van der Waals surface area contributed by atoms with E-state index in [2.05, 4.69) is 5.32 Å². The van der Waals surface area contributed by atoms with Gasteiger partial charge in [0.15, 0.2) is 0 Å². The molecule has 0 spiro atoms. The minimum atomic E-state index is -0.0324. The summed E-state index contributed by atoms with van der Waals surface area (Å²) < 4.78 is 0. The Hall–Kier alpha value is -1.88. The van der Waals surface area contributed by atoms with Crippen LogP contribution < -0.4 is 5.32 Å². The summed E-state index contributed by atoms with van der Waals surface area (Å²) in [6, 6.07) is 9.78. The first-order valence-corrected chi connectivity index (χ1v) is 7.20. The molecular weight excluding hydrogens is 266 g/mol. The number of rotatable bonds is 8. The fourth-order valence-electron chi connectivity index (χ4n) is 1.87. The molecule has 5 nitrogen and oxygen atoms in total. The topological polar surface area (TPSA) is 52.7 Å². The van der Waals surface area contributed by atoms with E-state index in [0.717, 1.165) is 12.1 Å². The lowest BCUT2D eigenvalue weighted by atomic mass is 10.2. The van der Waals surface area contributed by atoms with Gasteiger partial charge in [-0.3, -0.25) is 9.59 Å². The molecule has 1 aromatic carbocycles. The van der Waals surface area contributed by atoms with Crippen molar-refractivity contribution < 1.29 is 9.59 Å². The molecule has 0 radical (unpaired) electrons. The van der Waals surface area contributed by atoms with Gasteiger partial charge in [-0.15, -0.1) is 0 Å². The monoisotopic (exact) mass is 291 g/mol. The van der Waals surface area contributed by atoms with Crippen molar-refractivity contribution in [2.45, 2.75) is 19.9 Å². The van der Waals surface area contributed by atoms with Crippen LogP contribution in [0.15, 0.2) is 30.3 Å². The number of likely N-dealkylation sites (N-methyl/N-ethyl adjacent to an activating group) is 1. The van der Waals surface area contributed by atoms with Crippen molar-refractivity contribution in [1.82, 2.24) is 15.1 Å². The van der Waals surface area contributed by atoms with Gasteiger partial charge in [-0.25, -0.2) is 0 Å². The van der Waals surface area contributed by atoms with Gasteiger partial charge in [0.05, 0.1) is 0 Å². The predicted octanol–water partition coefficient (Wildman–Crippen LogP) is 1.10. The predicted molar refractivity (Wildman–Crippen MR) is 83.7 cm³/mol. The van der Waals surface area contributed by atoms with E-state index in [-0.39, 0.29) is 11.8 Å². The Balaban J connectivity index is 2.31. The van der Waals surface area contributed by atoms with Crippen LogP contribution in [-0.4, -0.2) is 55.3 Å². The minimum Gasteiger partial charge on any atom is -0.352 e. The van der Waals surface area contributed by atoms with Gasteiger partial charge in [0.2, 0.25) is 11.8 Å². The summed E-state index contributed by atoms with van der Waals surface area (Å²) in [5.74, 6) is -0.0253. The second-order valence-corrected chi connectivity index (χ2v) is 5.32. The molecule has 0 bridgehead atoms. The van der Waals surface area contributed by atoms with Crippen molar-refractivity contribution in [1.29, 1.82) is 0 Å². The van der Waals surface area contributed by atoms with Gasteiger partial charge in [0.25, 0.3) is 0 Å². The third-order valence-corrected chi connectivity index (χ3v) is 3.20. The number of hydrogen-bond acceptors (Lipinski definition) is 3. The van der Waals surface area contributed by atoms with Crippen LogP contribution in [0, 0.1) is 0 Å². The highest BCUT2D eigenvalue weighted by Crippen LogP contribution is 1.98. The highest BCUT2D eigenvalue weighted by atomic mass is 16.2. The van der Waals surface area contributed by atoms with Crippen molar-refractivity contribution >= 4 is 11.8 Å². The maximum Gasteiger partial charge on any atom is 0.222 e. The lowest BCUT2D eigenvalue weighted by molar-refractivity contribution is -0.129. The summed E-state index contributed by atoms with van der Waals surface area (Å²) in [6.45, 7) is 3.97. The molecule has 0 fully saturated rings. The zero-order valence-electron chi connectivity index (χ0n) is 13.1. The average molecular weight is 291 g/mol. The van der Waals surface area contributed by atoms with Crippen LogP contribution in [0.1, 0.15) is 18.9 Å². The van der Waals surface area contributed by atoms with Crippen LogP contribution >= 0.6 is 0 Å². The molecule has 0 saturated carbocycles. The van der Waals surface area contributed by atoms with Crippen LogP contribution in [0.3, 0.4) is 0 Å². The Labute approximate surface area is 126 Å². The average Bonchev–Trinajstić information content (AvgIpc) is 2.45. The van der Waals surface area contributed by atoms with E-state index in [4.69, 9.17) is 0 Å². The van der Waals surface area contributed by atoms with Crippen LogP contribution in [0.4, 0.5) is 0 Å². The lowest BCUT2D eigenvalue weighted by Gasteiger charge is -2.22. The highest BCUT2D eigenvalue weighted by molar-refractivity contribution is 5.78. The summed E-state index contributed by atoms with van der Waals surface area (Å²) in [5.41, 5.74) is 1.07. The van der Waals surface area contributed by atoms with Gasteiger partial charge in [-0.05, 0) is 19.7 Å². The highest BCUT2D eigenvalue weighted by Gasteiger charge is 2.11. The number of carbonyl (C=O) groups is 2. The first kappa shape index (κ1) is 17.2. The quantitative estimate of drug-likeness (QED) is 0.780. The third-order valence-electron chi connectivity index (χ3n) is 3.20. The molecule has 5 heteroatoms. The van der Waals surface area contributed by atoms with E-state index in [0.29, 0.717) is 26.1 Å². The Morgan fingerprint density at radius 1 is 1.05 bits per heavy atom. The van der Waals surface area contributed by atoms with Gasteiger partial charge < -0.3 is 15.1 Å². The van der Waals surface area contributed by atoms with Crippen molar-refractivity contribution in [2.75, 3.05) is 33.7 Å². The summed E-state index contributed by atoms with van der Waals surface area (Å²) in [5, 5.41) is 2.87. The number of nitrogens with zero attached hydrogens (tertiary/aromatic N) is 2. The van der Waals surface area contributed by atoms with Gasteiger partial charge in [0.1, 0.15) is 0 Å². The first-order valence-electron chi connectivity index (χ1n) is 7.20. The molecule has 0 atom stereocenters. The standard InChI is InChI=1S/C16H25N3O2/c1-14(20)19(12-11-18(2)3)10-9-16(21)17-13-15-7-5-4-6-8-15/h4-8H,9-13H2,1-3H3,(H,17,21). The molecule has 0 aliphatic carbocycles. The van der Waals surface area contributed by atoms with Crippen molar-refractivity contribution in [3.05, 3.63) is 35.9 Å². The molecule has 0 aliphatic heterocycles. The van der Waals surface area contributed by atoms with Gasteiger partial charge in [-0.1, -0.05) is 30.3 Å². The number of nitrogens with one attached hydrogen (secondary N) is 1. The summed E-state index contributed by atoms with van der Waals surface area (Å²) >= 11 is 0. The molecule has 0 aliphatic rings. The Morgan fingerprint density at radius 3 is 2.29 bits per heavy atom. The number of hydrogen-bond donors (Lipinski definition) is 1. The van der Waals surface area contributed by atoms with E-state index >= 15 is 0 Å². The molecule has 1 rings (SSSR count). The van der Waals surface area contributed by atoms with Crippen molar-refractivity contribution in [3.63, 3.8) is 0 Å². The van der Waals surface area contributed by atoms with E-state index in [1.807, 2.05) is 49.3 Å². The van der Waals surface area contributed by atoms with E-state index < -0.39 is 0 Å². The van der Waals surface area contributed by atoms with E-state index in [9.17, 15) is 9.59 Å². The zero-order valence-corrected chi connectivity index (χ0v) is 13.1. The van der Waals surface area contributed by atoms with Crippen LogP contribution in [-0.2, 0) is 16.1 Å². The van der Waals surface area contributed by atoms with Crippen LogP contribution in [0.25, 0.3) is 0 Å². The smallest absolute Gasteiger partial charge is 0.222 e. The zero-order chi connectivity index (χ0) is 15.7. The normalized spacial score (nSPS) is 10.5. The fraction of sp³-hybridized carbons (Fsp3) is 0.500. The fourth-order valence-corrected chi connectivity index (χ4v) is 1.87. The largest absolute Gasteiger partial charge is 0.352 e. The van der Waals surface area contributed by atoms with E-state index in [1.54, 1.807) is 4.90 Å². The molecule has 21 heavy (non-hydrogen) atoms. The molecule has 0 aromatic heterocycles. The first-order chi connectivity index (χ1) is 9.99. The molecule has 2 amide bonds. The van der Waals surface area contributed by atoms with E-state index in [1.165, 1.54) is 6.92 Å². The van der Waals surface area contributed by atoms with Crippen LogP contribution in [0.5, 0.6) is 0 Å². The number of amides is 2. The summed E-state index contributed by atoms with van der Waals surface area (Å²) in [7, 11) is 3.93. The maximum atomic E-state index is 11.8. The Kier molecular flexibility index (Phi) is 7.46. The number of carbonyl (C=O) groups excluding carboxylic acids is 2. The minimum absolute atomic E-state index is 0.00714. The molecule has 1 aromatic rings. The SMILES string of the molecule is CC(=O)N(CCC(=O)NCc1ccccc1)CCN(C)C. The lowest BCUT2D eigenvalue weighted by Crippen LogP contribution is -2.37. The van der Waals surface area contributed by atoms with Gasteiger partial charge in [0, 0.05) is 39.5 Å². The Morgan fingerprint density at radius 2 is 1.71 bits per heavy atom. The Bertz CT molecular complexity index is 446.